The van der Waals surface area contributed by atoms with Crippen molar-refractivity contribution in [2.45, 2.75) is 13.3 Å². The second kappa shape index (κ2) is 2.98. The minimum Gasteiger partial charge on any atom is -0.292 e. The summed E-state index contributed by atoms with van der Waals surface area (Å²) in [7, 11) is 0. The predicted molar refractivity (Wildman–Crippen MR) is 41.0 cm³/mol. The first-order valence-corrected chi connectivity index (χ1v) is 3.31. The van der Waals surface area contributed by atoms with E-state index in [4.69, 9.17) is 10.5 Å². The van der Waals surface area contributed by atoms with Gasteiger partial charge in [-0.2, -0.15) is 10.5 Å². The van der Waals surface area contributed by atoms with Gasteiger partial charge in [0.25, 0.3) is 0 Å². The number of hydrogen-bond acceptors (Lipinski definition) is 4. The van der Waals surface area contributed by atoms with Crippen LogP contribution in [0, 0.1) is 22.7 Å². The number of allylic oxidation sites excluding steroid dienone is 2. The third-order valence-corrected chi connectivity index (χ3v) is 1.55. The summed E-state index contributed by atoms with van der Waals surface area (Å²) in [5.74, 6) is -0.189. The molecule has 1 aliphatic rings. The number of hydrogen-bond donors (Lipinski definition) is 0. The van der Waals surface area contributed by atoms with Crippen LogP contribution in [0.15, 0.2) is 16.3 Å². The first-order chi connectivity index (χ1) is 5.69. The van der Waals surface area contributed by atoms with Crippen molar-refractivity contribution < 1.29 is 4.79 Å². The number of Topliss-reactive ketones (excluding diaryl/α,β-unsaturated/α-hetero) is 1. The standard InChI is InChI=1S/C8H5N3O/c1-5-8(12)2-6(3-9)7(4-10)11-5/h2H2,1H3. The van der Waals surface area contributed by atoms with E-state index in [9.17, 15) is 4.79 Å². The topological polar surface area (TPSA) is 77.0 Å². The Kier molecular flexibility index (Phi) is 2.02. The van der Waals surface area contributed by atoms with Crippen molar-refractivity contribution in [3.63, 3.8) is 0 Å². The molecule has 0 amide bonds. The zero-order chi connectivity index (χ0) is 9.14. The molecule has 1 rings (SSSR count). The summed E-state index contributed by atoms with van der Waals surface area (Å²) < 4.78 is 0. The van der Waals surface area contributed by atoms with E-state index >= 15 is 0 Å². The van der Waals surface area contributed by atoms with E-state index in [0.29, 0.717) is 5.71 Å². The fraction of sp³-hybridized carbons (Fsp3) is 0.250. The largest absolute Gasteiger partial charge is 0.292 e. The van der Waals surface area contributed by atoms with Gasteiger partial charge in [0.2, 0.25) is 0 Å². The number of nitrogens with zero attached hydrogens (tertiary/aromatic N) is 3. The Hall–Kier alpha value is -1.94. The van der Waals surface area contributed by atoms with Crippen LogP contribution in [-0.4, -0.2) is 11.5 Å². The highest BCUT2D eigenvalue weighted by atomic mass is 16.1. The van der Waals surface area contributed by atoms with E-state index in [1.807, 2.05) is 0 Å². The maximum Gasteiger partial charge on any atom is 0.181 e. The molecular weight excluding hydrogens is 154 g/mol. The van der Waals surface area contributed by atoms with Crippen molar-refractivity contribution >= 4 is 11.5 Å². The van der Waals surface area contributed by atoms with Gasteiger partial charge in [0, 0.05) is 0 Å². The number of carbonyl (C=O) groups is 1. The third-order valence-electron chi connectivity index (χ3n) is 1.55. The van der Waals surface area contributed by atoms with Crippen LogP contribution in [0.4, 0.5) is 0 Å². The molecule has 0 unspecified atom stereocenters. The Labute approximate surface area is 69.4 Å². The van der Waals surface area contributed by atoms with Crippen LogP contribution in [0.5, 0.6) is 0 Å². The number of rotatable bonds is 0. The summed E-state index contributed by atoms with van der Waals surface area (Å²) in [6, 6.07) is 3.56. The van der Waals surface area contributed by atoms with Crippen molar-refractivity contribution in [1.29, 1.82) is 10.5 Å². The normalized spacial score (nSPS) is 16.6. The van der Waals surface area contributed by atoms with Gasteiger partial charge in [-0.1, -0.05) is 0 Å². The van der Waals surface area contributed by atoms with Crippen molar-refractivity contribution in [3.05, 3.63) is 11.3 Å². The van der Waals surface area contributed by atoms with Crippen LogP contribution in [0.3, 0.4) is 0 Å². The lowest BCUT2D eigenvalue weighted by Gasteiger charge is -2.05. The Morgan fingerprint density at radius 2 is 2.08 bits per heavy atom. The molecule has 0 aromatic rings. The van der Waals surface area contributed by atoms with E-state index in [1.165, 1.54) is 6.92 Å². The highest BCUT2D eigenvalue weighted by molar-refractivity contribution is 6.40. The summed E-state index contributed by atoms with van der Waals surface area (Å²) in [4.78, 5) is 14.7. The zero-order valence-corrected chi connectivity index (χ0v) is 6.46. The second-order valence-corrected chi connectivity index (χ2v) is 2.35. The molecule has 0 aromatic heterocycles. The SMILES string of the molecule is CC1=NC(C#N)=C(C#N)CC1=O. The van der Waals surface area contributed by atoms with Crippen LogP contribution < -0.4 is 0 Å². The van der Waals surface area contributed by atoms with E-state index in [2.05, 4.69) is 4.99 Å². The quantitative estimate of drug-likeness (QED) is 0.522. The number of ketones is 1. The molecule has 4 heteroatoms. The van der Waals surface area contributed by atoms with Crippen LogP contribution in [0.1, 0.15) is 13.3 Å². The summed E-state index contributed by atoms with van der Waals surface area (Å²) in [5.41, 5.74) is 0.522. The van der Waals surface area contributed by atoms with Gasteiger partial charge in [-0.25, -0.2) is 4.99 Å². The van der Waals surface area contributed by atoms with Gasteiger partial charge in [-0.3, -0.25) is 4.79 Å². The number of carbonyl (C=O) groups excluding carboxylic acids is 1. The molecule has 4 nitrogen and oxygen atoms in total. The zero-order valence-electron chi connectivity index (χ0n) is 6.46. The highest BCUT2D eigenvalue weighted by Crippen LogP contribution is 2.15. The van der Waals surface area contributed by atoms with Crippen LogP contribution in [-0.2, 0) is 4.79 Å². The van der Waals surface area contributed by atoms with Crippen LogP contribution >= 0.6 is 0 Å². The molecular formula is C8H5N3O. The van der Waals surface area contributed by atoms with Gasteiger partial charge in [0.05, 0.1) is 23.8 Å². The van der Waals surface area contributed by atoms with E-state index < -0.39 is 0 Å². The Balaban J connectivity index is 3.20. The summed E-state index contributed by atoms with van der Waals surface area (Å²) >= 11 is 0. The highest BCUT2D eigenvalue weighted by Gasteiger charge is 2.18. The van der Waals surface area contributed by atoms with Crippen LogP contribution in [0.25, 0.3) is 0 Å². The lowest BCUT2D eigenvalue weighted by Crippen LogP contribution is -2.15. The minimum absolute atomic E-state index is 0.00866. The molecule has 0 aromatic carbocycles. The molecule has 0 atom stereocenters. The van der Waals surface area contributed by atoms with Crippen LogP contribution in [0.2, 0.25) is 0 Å². The molecule has 0 N–H and O–H groups in total. The Morgan fingerprint density at radius 1 is 1.42 bits per heavy atom. The molecule has 0 radical (unpaired) electrons. The fourth-order valence-electron chi connectivity index (χ4n) is 0.855. The Morgan fingerprint density at radius 3 is 2.58 bits per heavy atom. The van der Waals surface area contributed by atoms with E-state index in [1.54, 1.807) is 12.1 Å². The first-order valence-electron chi connectivity index (χ1n) is 3.31. The molecule has 0 fully saturated rings. The average molecular weight is 159 g/mol. The summed E-state index contributed by atoms with van der Waals surface area (Å²) in [5, 5.41) is 17.0. The summed E-state index contributed by atoms with van der Waals surface area (Å²) in [6.07, 6.45) is 0.00866. The number of nitriles is 2. The monoisotopic (exact) mass is 159 g/mol. The predicted octanol–water partition coefficient (Wildman–Crippen LogP) is 0.721. The second-order valence-electron chi connectivity index (χ2n) is 2.35. The minimum atomic E-state index is -0.189. The molecule has 1 heterocycles. The van der Waals surface area contributed by atoms with Crippen molar-refractivity contribution in [3.8, 4) is 12.1 Å². The van der Waals surface area contributed by atoms with Crippen molar-refractivity contribution in [1.82, 2.24) is 0 Å². The Bertz CT molecular complexity index is 376. The summed E-state index contributed by atoms with van der Waals surface area (Å²) in [6.45, 7) is 1.54. The van der Waals surface area contributed by atoms with E-state index in [-0.39, 0.29) is 23.5 Å². The van der Waals surface area contributed by atoms with E-state index in [0.717, 1.165) is 0 Å². The molecule has 0 saturated heterocycles. The lowest BCUT2D eigenvalue weighted by atomic mass is 10.0. The van der Waals surface area contributed by atoms with Gasteiger partial charge < -0.3 is 0 Å². The van der Waals surface area contributed by atoms with Gasteiger partial charge >= 0.3 is 0 Å². The number of aliphatic imine (C=N–C) groups is 1. The van der Waals surface area contributed by atoms with Gasteiger partial charge in [-0.05, 0) is 6.92 Å². The smallest absolute Gasteiger partial charge is 0.181 e. The molecule has 0 saturated carbocycles. The first kappa shape index (κ1) is 8.16. The van der Waals surface area contributed by atoms with Gasteiger partial charge in [0.15, 0.2) is 11.5 Å². The molecule has 12 heavy (non-hydrogen) atoms. The third kappa shape index (κ3) is 1.23. The molecule has 0 aliphatic carbocycles. The fourth-order valence-corrected chi connectivity index (χ4v) is 0.855. The van der Waals surface area contributed by atoms with Gasteiger partial charge in [-0.15, -0.1) is 0 Å². The molecule has 0 bridgehead atoms. The van der Waals surface area contributed by atoms with Crippen molar-refractivity contribution in [2.24, 2.45) is 4.99 Å². The maximum atomic E-state index is 11.0. The van der Waals surface area contributed by atoms with Gasteiger partial charge in [0.1, 0.15) is 6.07 Å². The molecule has 58 valence electrons. The van der Waals surface area contributed by atoms with Crippen molar-refractivity contribution in [2.75, 3.05) is 0 Å². The molecule has 0 spiro atoms. The average Bonchev–Trinajstić information content (AvgIpc) is 2.09. The lowest BCUT2D eigenvalue weighted by molar-refractivity contribution is -0.112. The molecule has 1 aliphatic heterocycles. The maximum absolute atomic E-state index is 11.0.